The number of likely N-dealkylation sites (tertiary alicyclic amines) is 1. The van der Waals surface area contributed by atoms with Crippen molar-refractivity contribution in [3.63, 3.8) is 0 Å². The van der Waals surface area contributed by atoms with E-state index in [1.165, 1.54) is 12.8 Å². The van der Waals surface area contributed by atoms with E-state index in [1.807, 2.05) is 6.92 Å². The molecule has 0 bridgehead atoms. The van der Waals surface area contributed by atoms with Crippen LogP contribution < -0.4 is 0 Å². The van der Waals surface area contributed by atoms with E-state index in [2.05, 4.69) is 11.0 Å². The van der Waals surface area contributed by atoms with Crippen molar-refractivity contribution in [1.82, 2.24) is 4.90 Å². The summed E-state index contributed by atoms with van der Waals surface area (Å²) in [5.41, 5.74) is 0. The third-order valence-corrected chi connectivity index (χ3v) is 3.20. The molecule has 1 aliphatic heterocycles. The molecule has 1 saturated heterocycles. The van der Waals surface area contributed by atoms with Gasteiger partial charge in [-0.1, -0.05) is 6.42 Å². The Morgan fingerprint density at radius 1 is 1.47 bits per heavy atom. The van der Waals surface area contributed by atoms with Crippen molar-refractivity contribution >= 4 is 0 Å². The lowest BCUT2D eigenvalue weighted by molar-refractivity contribution is 0.0357. The summed E-state index contributed by atoms with van der Waals surface area (Å²) in [6.07, 6.45) is 6.12. The lowest BCUT2D eigenvalue weighted by atomic mass is 9.98. The van der Waals surface area contributed by atoms with Crippen LogP contribution in [0.25, 0.3) is 0 Å². The summed E-state index contributed by atoms with van der Waals surface area (Å²) in [7, 11) is 0. The summed E-state index contributed by atoms with van der Waals surface area (Å²) >= 11 is 0. The van der Waals surface area contributed by atoms with Gasteiger partial charge in [-0.2, -0.15) is 5.26 Å². The normalized spacial score (nSPS) is 24.7. The number of hydrogen-bond acceptors (Lipinski definition) is 3. The van der Waals surface area contributed by atoms with Gasteiger partial charge in [-0.15, -0.1) is 0 Å². The van der Waals surface area contributed by atoms with Crippen LogP contribution in [0, 0.1) is 11.3 Å². The average molecular weight is 210 g/mol. The van der Waals surface area contributed by atoms with Gasteiger partial charge in [0.2, 0.25) is 0 Å². The highest BCUT2D eigenvalue weighted by Gasteiger charge is 2.25. The predicted octanol–water partition coefficient (Wildman–Crippen LogP) is 1.92. The van der Waals surface area contributed by atoms with Crippen LogP contribution in [-0.4, -0.2) is 35.2 Å². The molecule has 0 saturated carbocycles. The SMILES string of the molecule is CC(O)C1CCCCN1CCCCC#N. The number of aliphatic hydroxyl groups excluding tert-OH is 1. The zero-order chi connectivity index (χ0) is 11.1. The highest BCUT2D eigenvalue weighted by atomic mass is 16.3. The van der Waals surface area contributed by atoms with Crippen molar-refractivity contribution in [3.05, 3.63) is 0 Å². The second-order valence-corrected chi connectivity index (χ2v) is 4.45. The van der Waals surface area contributed by atoms with Gasteiger partial charge in [0.25, 0.3) is 0 Å². The molecule has 0 spiro atoms. The second-order valence-electron chi connectivity index (χ2n) is 4.45. The maximum absolute atomic E-state index is 9.66. The van der Waals surface area contributed by atoms with E-state index in [-0.39, 0.29) is 6.10 Å². The third kappa shape index (κ3) is 4.19. The molecule has 1 heterocycles. The number of nitriles is 1. The Morgan fingerprint density at radius 2 is 2.27 bits per heavy atom. The molecule has 0 amide bonds. The van der Waals surface area contributed by atoms with Gasteiger partial charge in [-0.05, 0) is 45.7 Å². The number of nitrogens with zero attached hydrogens (tertiary/aromatic N) is 2. The van der Waals surface area contributed by atoms with Crippen molar-refractivity contribution in [2.75, 3.05) is 13.1 Å². The fraction of sp³-hybridized carbons (Fsp3) is 0.917. The summed E-state index contributed by atoms with van der Waals surface area (Å²) in [5, 5.41) is 18.1. The Hall–Kier alpha value is -0.590. The predicted molar refractivity (Wildman–Crippen MR) is 60.4 cm³/mol. The molecule has 1 N–H and O–H groups in total. The van der Waals surface area contributed by atoms with Crippen molar-refractivity contribution in [1.29, 1.82) is 5.26 Å². The summed E-state index contributed by atoms with van der Waals surface area (Å²) in [5.74, 6) is 0. The summed E-state index contributed by atoms with van der Waals surface area (Å²) in [6.45, 7) is 4.04. The topological polar surface area (TPSA) is 47.3 Å². The van der Waals surface area contributed by atoms with Crippen LogP contribution in [0.15, 0.2) is 0 Å². The van der Waals surface area contributed by atoms with Crippen molar-refractivity contribution in [2.24, 2.45) is 0 Å². The molecule has 15 heavy (non-hydrogen) atoms. The number of aliphatic hydroxyl groups is 1. The van der Waals surface area contributed by atoms with Gasteiger partial charge in [0.1, 0.15) is 0 Å². The van der Waals surface area contributed by atoms with E-state index in [0.717, 1.165) is 32.4 Å². The lowest BCUT2D eigenvalue weighted by Gasteiger charge is -2.37. The minimum Gasteiger partial charge on any atom is -0.392 e. The van der Waals surface area contributed by atoms with Gasteiger partial charge in [-0.3, -0.25) is 4.90 Å². The van der Waals surface area contributed by atoms with Crippen LogP contribution in [0.4, 0.5) is 0 Å². The molecule has 3 nitrogen and oxygen atoms in total. The minimum absolute atomic E-state index is 0.221. The fourth-order valence-electron chi connectivity index (χ4n) is 2.36. The first-order valence-electron chi connectivity index (χ1n) is 6.04. The van der Waals surface area contributed by atoms with Crippen LogP contribution >= 0.6 is 0 Å². The smallest absolute Gasteiger partial charge is 0.0667 e. The van der Waals surface area contributed by atoms with E-state index in [1.54, 1.807) is 0 Å². The Kier molecular flexibility index (Phi) is 5.67. The minimum atomic E-state index is -0.221. The first-order valence-corrected chi connectivity index (χ1v) is 6.04. The molecular formula is C12H22N2O. The van der Waals surface area contributed by atoms with E-state index in [9.17, 15) is 5.11 Å². The van der Waals surface area contributed by atoms with Gasteiger partial charge in [0.05, 0.1) is 12.2 Å². The molecule has 86 valence electrons. The van der Waals surface area contributed by atoms with Crippen molar-refractivity contribution < 1.29 is 5.11 Å². The Bertz CT molecular complexity index is 210. The largest absolute Gasteiger partial charge is 0.392 e. The highest BCUT2D eigenvalue weighted by Crippen LogP contribution is 2.20. The third-order valence-electron chi connectivity index (χ3n) is 3.20. The van der Waals surface area contributed by atoms with Crippen LogP contribution in [0.3, 0.4) is 0 Å². The quantitative estimate of drug-likeness (QED) is 0.705. The van der Waals surface area contributed by atoms with Crippen molar-refractivity contribution in [2.45, 2.75) is 57.6 Å². The maximum atomic E-state index is 9.66. The lowest BCUT2D eigenvalue weighted by Crippen LogP contribution is -2.46. The highest BCUT2D eigenvalue weighted by molar-refractivity contribution is 4.81. The molecule has 2 atom stereocenters. The van der Waals surface area contributed by atoms with E-state index in [4.69, 9.17) is 5.26 Å². The number of unbranched alkanes of at least 4 members (excludes halogenated alkanes) is 2. The molecule has 0 aromatic carbocycles. The van der Waals surface area contributed by atoms with Gasteiger partial charge in [0.15, 0.2) is 0 Å². The molecule has 1 aliphatic rings. The first-order chi connectivity index (χ1) is 7.25. The molecule has 0 radical (unpaired) electrons. The zero-order valence-electron chi connectivity index (χ0n) is 9.65. The maximum Gasteiger partial charge on any atom is 0.0667 e. The van der Waals surface area contributed by atoms with Crippen molar-refractivity contribution in [3.8, 4) is 6.07 Å². The van der Waals surface area contributed by atoms with Gasteiger partial charge < -0.3 is 5.11 Å². The standard InChI is InChI=1S/C12H22N2O/c1-11(15)12-7-3-6-10-14(12)9-5-2-4-8-13/h11-12,15H,2-7,9-10H2,1H3. The van der Waals surface area contributed by atoms with Gasteiger partial charge in [0, 0.05) is 12.5 Å². The Labute approximate surface area is 92.7 Å². The molecule has 0 aromatic heterocycles. The molecular weight excluding hydrogens is 188 g/mol. The Morgan fingerprint density at radius 3 is 2.93 bits per heavy atom. The molecule has 0 aliphatic carbocycles. The summed E-state index contributed by atoms with van der Waals surface area (Å²) in [6, 6.07) is 2.52. The fourth-order valence-corrected chi connectivity index (χ4v) is 2.36. The summed E-state index contributed by atoms with van der Waals surface area (Å²) in [4.78, 5) is 2.39. The van der Waals surface area contributed by atoms with E-state index < -0.39 is 0 Å². The second kappa shape index (κ2) is 6.81. The van der Waals surface area contributed by atoms with Crippen LogP contribution in [0.1, 0.15) is 45.4 Å². The Balaban J connectivity index is 2.27. The molecule has 0 aromatic rings. The van der Waals surface area contributed by atoms with Crippen LogP contribution in [-0.2, 0) is 0 Å². The summed E-state index contributed by atoms with van der Waals surface area (Å²) < 4.78 is 0. The number of rotatable bonds is 5. The molecule has 2 unspecified atom stereocenters. The zero-order valence-corrected chi connectivity index (χ0v) is 9.65. The van der Waals surface area contributed by atoms with Gasteiger partial charge >= 0.3 is 0 Å². The van der Waals surface area contributed by atoms with Crippen LogP contribution in [0.2, 0.25) is 0 Å². The molecule has 1 rings (SSSR count). The first kappa shape index (κ1) is 12.5. The van der Waals surface area contributed by atoms with E-state index >= 15 is 0 Å². The number of hydrogen-bond donors (Lipinski definition) is 1. The monoisotopic (exact) mass is 210 g/mol. The van der Waals surface area contributed by atoms with Gasteiger partial charge in [-0.25, -0.2) is 0 Å². The van der Waals surface area contributed by atoms with E-state index in [0.29, 0.717) is 12.5 Å². The average Bonchev–Trinajstić information content (AvgIpc) is 2.25. The number of piperidine rings is 1. The molecule has 1 fully saturated rings. The molecule has 3 heteroatoms. The van der Waals surface area contributed by atoms with Crippen LogP contribution in [0.5, 0.6) is 0 Å².